The average molecular weight is 354 g/mol. The molecule has 4 N–H and O–H groups in total. The number of carboxylic acid groups (broad SMARTS) is 1. The van der Waals surface area contributed by atoms with Gasteiger partial charge in [0.1, 0.15) is 0 Å². The van der Waals surface area contributed by atoms with Crippen LogP contribution in [0, 0.1) is 11.8 Å². The van der Waals surface area contributed by atoms with Crippen molar-refractivity contribution in [1.29, 1.82) is 0 Å². The van der Waals surface area contributed by atoms with Crippen molar-refractivity contribution in [2.75, 3.05) is 0 Å². The molecule has 0 aromatic heterocycles. The van der Waals surface area contributed by atoms with Crippen LogP contribution in [0.3, 0.4) is 0 Å². The van der Waals surface area contributed by atoms with E-state index in [1.54, 1.807) is 6.08 Å². The van der Waals surface area contributed by atoms with Crippen LogP contribution >= 0.6 is 0 Å². The molecule has 1 aliphatic carbocycles. The van der Waals surface area contributed by atoms with Crippen molar-refractivity contribution in [3.05, 3.63) is 24.0 Å². The number of hydrogen-bond acceptors (Lipinski definition) is 4. The number of rotatable bonds is 12. The molecule has 4 atom stereocenters. The summed E-state index contributed by atoms with van der Waals surface area (Å²) >= 11 is 0. The van der Waals surface area contributed by atoms with Gasteiger partial charge in [-0.05, 0) is 38.2 Å². The first kappa shape index (κ1) is 21.7. The highest BCUT2D eigenvalue weighted by atomic mass is 16.4. The summed E-state index contributed by atoms with van der Waals surface area (Å²) in [7, 11) is 0. The van der Waals surface area contributed by atoms with E-state index in [0.29, 0.717) is 19.3 Å². The van der Waals surface area contributed by atoms with Crippen molar-refractivity contribution in [3.63, 3.8) is 0 Å². The van der Waals surface area contributed by atoms with Crippen molar-refractivity contribution in [1.82, 2.24) is 0 Å². The van der Waals surface area contributed by atoms with Gasteiger partial charge >= 0.3 is 5.97 Å². The third-order valence-electron chi connectivity index (χ3n) is 4.94. The number of allylic oxidation sites excluding steroid dienone is 3. The van der Waals surface area contributed by atoms with E-state index in [0.717, 1.165) is 19.3 Å². The number of aliphatic hydroxyl groups is 3. The highest BCUT2D eigenvalue weighted by molar-refractivity contribution is 5.66. The summed E-state index contributed by atoms with van der Waals surface area (Å²) in [6.45, 7) is 2.16. The van der Waals surface area contributed by atoms with Gasteiger partial charge in [0.25, 0.3) is 0 Å². The zero-order valence-electron chi connectivity index (χ0n) is 15.3. The van der Waals surface area contributed by atoms with Crippen LogP contribution in [-0.4, -0.2) is 38.6 Å². The molecule has 144 valence electrons. The first-order valence-corrected chi connectivity index (χ1v) is 9.59. The maximum absolute atomic E-state index is 10.5. The Kier molecular flexibility index (Phi) is 10.5. The van der Waals surface area contributed by atoms with Crippen LogP contribution in [0.5, 0.6) is 0 Å². The number of aliphatic hydroxyl groups excluding tert-OH is 3. The summed E-state index contributed by atoms with van der Waals surface area (Å²) in [5.74, 6) is -1.20. The summed E-state index contributed by atoms with van der Waals surface area (Å²) in [6, 6.07) is 0. The molecule has 0 saturated heterocycles. The average Bonchev–Trinajstić information content (AvgIpc) is 2.83. The van der Waals surface area contributed by atoms with E-state index in [1.807, 2.05) is 12.2 Å². The Morgan fingerprint density at radius 1 is 1.00 bits per heavy atom. The van der Waals surface area contributed by atoms with Gasteiger partial charge in [0, 0.05) is 24.7 Å². The quantitative estimate of drug-likeness (QED) is 0.242. The Hall–Kier alpha value is -1.33. The lowest BCUT2D eigenvalue weighted by atomic mass is 9.88. The molecule has 0 bridgehead atoms. The summed E-state index contributed by atoms with van der Waals surface area (Å²) in [6.07, 6.45) is 11.9. The third-order valence-corrected chi connectivity index (χ3v) is 4.94. The van der Waals surface area contributed by atoms with Gasteiger partial charge in [0.15, 0.2) is 0 Å². The smallest absolute Gasteiger partial charge is 0.303 e. The van der Waals surface area contributed by atoms with Crippen LogP contribution in [0.15, 0.2) is 24.0 Å². The number of carboxylic acids is 1. The molecule has 1 saturated carbocycles. The topological polar surface area (TPSA) is 98.0 Å². The minimum atomic E-state index is -0.795. The van der Waals surface area contributed by atoms with Gasteiger partial charge in [-0.3, -0.25) is 4.79 Å². The number of carbonyl (C=O) groups is 1. The Morgan fingerprint density at radius 3 is 2.44 bits per heavy atom. The molecule has 5 nitrogen and oxygen atoms in total. The van der Waals surface area contributed by atoms with Crippen LogP contribution in [0.1, 0.15) is 71.1 Å². The lowest BCUT2D eigenvalue weighted by molar-refractivity contribution is -0.137. The highest BCUT2D eigenvalue weighted by Crippen LogP contribution is 2.39. The molecule has 2 unspecified atom stereocenters. The molecule has 0 heterocycles. The largest absolute Gasteiger partial charge is 0.512 e. The summed E-state index contributed by atoms with van der Waals surface area (Å²) in [4.78, 5) is 10.5. The van der Waals surface area contributed by atoms with Crippen LogP contribution in [0.25, 0.3) is 0 Å². The van der Waals surface area contributed by atoms with Crippen molar-refractivity contribution < 1.29 is 25.2 Å². The van der Waals surface area contributed by atoms with Crippen molar-refractivity contribution in [2.45, 2.75) is 83.3 Å². The molecule has 1 fully saturated rings. The monoisotopic (exact) mass is 354 g/mol. The molecule has 0 spiro atoms. The molecule has 5 heteroatoms. The van der Waals surface area contributed by atoms with Crippen LogP contribution in [-0.2, 0) is 4.79 Å². The minimum absolute atomic E-state index is 0.152. The second kappa shape index (κ2) is 12.1. The fourth-order valence-corrected chi connectivity index (χ4v) is 3.51. The summed E-state index contributed by atoms with van der Waals surface area (Å²) in [5, 5.41) is 39.3. The van der Waals surface area contributed by atoms with Crippen LogP contribution < -0.4 is 0 Å². The van der Waals surface area contributed by atoms with Crippen LogP contribution in [0.2, 0.25) is 0 Å². The molecule has 0 radical (unpaired) electrons. The van der Waals surface area contributed by atoms with Gasteiger partial charge in [-0.2, -0.15) is 0 Å². The van der Waals surface area contributed by atoms with E-state index in [9.17, 15) is 20.1 Å². The summed E-state index contributed by atoms with van der Waals surface area (Å²) < 4.78 is 0. The fraction of sp³-hybridized carbons (Fsp3) is 0.750. The second-order valence-electron chi connectivity index (χ2n) is 7.03. The Morgan fingerprint density at radius 2 is 1.76 bits per heavy atom. The molecule has 1 rings (SSSR count). The normalized spacial score (nSPS) is 27.2. The third kappa shape index (κ3) is 8.06. The van der Waals surface area contributed by atoms with E-state index in [-0.39, 0.29) is 24.5 Å². The Labute approximate surface area is 151 Å². The lowest BCUT2D eigenvalue weighted by Crippen LogP contribution is -2.23. The molecular formula is C20H34O5. The van der Waals surface area contributed by atoms with Crippen LogP contribution in [0.4, 0.5) is 0 Å². The van der Waals surface area contributed by atoms with Gasteiger partial charge in [-0.15, -0.1) is 0 Å². The zero-order valence-corrected chi connectivity index (χ0v) is 15.3. The standard InChI is InChI=1S/C20H34O5/c1-2-3-4-5-9-12-16(21)20-15(17(22)14-18(20)23)11-8-6-7-10-13-19(24)25/h6,8,12,15,17-18,20-23H,2-5,7,9-11,13-14H2,1H3,(H,24,25)/b8-6-,16-12+/t15-,17?,18?,20-/m0/s1. The Balaban J connectivity index is 2.50. The van der Waals surface area contributed by atoms with Crippen molar-refractivity contribution >= 4 is 5.97 Å². The van der Waals surface area contributed by atoms with E-state index in [2.05, 4.69) is 6.92 Å². The molecular weight excluding hydrogens is 320 g/mol. The maximum Gasteiger partial charge on any atom is 0.303 e. The van der Waals surface area contributed by atoms with Crippen molar-refractivity contribution in [2.24, 2.45) is 11.8 Å². The molecule has 0 amide bonds. The number of aliphatic carboxylic acids is 1. The first-order chi connectivity index (χ1) is 12.0. The SMILES string of the molecule is CCCCCC/C=C(/O)[C@H]1C(O)CC(O)[C@@H]1C/C=C\CCCC(=O)O. The minimum Gasteiger partial charge on any atom is -0.512 e. The molecule has 0 aliphatic heterocycles. The zero-order chi connectivity index (χ0) is 18.7. The Bertz CT molecular complexity index is 443. The number of hydrogen-bond donors (Lipinski definition) is 4. The number of unbranched alkanes of at least 4 members (excludes halogenated alkanes) is 5. The van der Waals surface area contributed by atoms with Gasteiger partial charge in [-0.25, -0.2) is 0 Å². The highest BCUT2D eigenvalue weighted by Gasteiger charge is 2.43. The molecule has 1 aliphatic rings. The fourth-order valence-electron chi connectivity index (χ4n) is 3.51. The van der Waals surface area contributed by atoms with E-state index >= 15 is 0 Å². The molecule has 0 aromatic carbocycles. The molecule has 25 heavy (non-hydrogen) atoms. The summed E-state index contributed by atoms with van der Waals surface area (Å²) in [5.41, 5.74) is 0. The van der Waals surface area contributed by atoms with Gasteiger partial charge in [0.05, 0.1) is 18.0 Å². The first-order valence-electron chi connectivity index (χ1n) is 9.59. The van der Waals surface area contributed by atoms with E-state index < -0.39 is 24.1 Å². The van der Waals surface area contributed by atoms with Gasteiger partial charge < -0.3 is 20.4 Å². The van der Waals surface area contributed by atoms with Crippen molar-refractivity contribution in [3.8, 4) is 0 Å². The van der Waals surface area contributed by atoms with E-state index in [1.165, 1.54) is 12.8 Å². The van der Waals surface area contributed by atoms with E-state index in [4.69, 9.17) is 5.11 Å². The lowest BCUT2D eigenvalue weighted by Gasteiger charge is -2.22. The second-order valence-corrected chi connectivity index (χ2v) is 7.03. The maximum atomic E-state index is 10.5. The van der Waals surface area contributed by atoms with Gasteiger partial charge in [-0.1, -0.05) is 38.3 Å². The predicted octanol–water partition coefficient (Wildman–Crippen LogP) is 3.96. The molecule has 0 aromatic rings. The predicted molar refractivity (Wildman–Crippen MR) is 98.3 cm³/mol. The van der Waals surface area contributed by atoms with Gasteiger partial charge in [0.2, 0.25) is 0 Å².